The van der Waals surface area contributed by atoms with Crippen molar-refractivity contribution >= 4 is 21.6 Å². The molecule has 8 heteroatoms. The third-order valence-electron chi connectivity index (χ3n) is 5.18. The fourth-order valence-electron chi connectivity index (χ4n) is 3.41. The van der Waals surface area contributed by atoms with Gasteiger partial charge in [0.05, 0.1) is 25.0 Å². The summed E-state index contributed by atoms with van der Waals surface area (Å²) in [5.41, 5.74) is 2.79. The predicted molar refractivity (Wildman–Crippen MR) is 132 cm³/mol. The van der Waals surface area contributed by atoms with E-state index in [1.807, 2.05) is 24.3 Å². The highest BCUT2D eigenvalue weighted by molar-refractivity contribution is 7.92. The van der Waals surface area contributed by atoms with E-state index in [1.165, 1.54) is 34.1 Å². The van der Waals surface area contributed by atoms with Gasteiger partial charge >= 0.3 is 0 Å². The van der Waals surface area contributed by atoms with E-state index in [2.05, 4.69) is 12.2 Å². The smallest absolute Gasteiger partial charge is 0.251 e. The number of sulfonamides is 1. The molecule has 1 amide bonds. The first-order valence-corrected chi connectivity index (χ1v) is 12.9. The zero-order valence-corrected chi connectivity index (χ0v) is 20.1. The van der Waals surface area contributed by atoms with E-state index in [4.69, 9.17) is 4.74 Å². The Kier molecular flexibility index (Phi) is 8.65. The first kappa shape index (κ1) is 25.2. The van der Waals surface area contributed by atoms with Crippen LogP contribution in [0.5, 0.6) is 5.75 Å². The molecule has 3 rings (SSSR count). The number of hydrogen-bond donors (Lipinski definition) is 1. The summed E-state index contributed by atoms with van der Waals surface area (Å²) in [6.45, 7) is 2.90. The third-order valence-corrected chi connectivity index (χ3v) is 6.32. The predicted octanol–water partition coefficient (Wildman–Crippen LogP) is 4.55. The van der Waals surface area contributed by atoms with Crippen molar-refractivity contribution in [2.45, 2.75) is 26.3 Å². The molecule has 0 radical (unpaired) electrons. The minimum absolute atomic E-state index is 0.0667. The van der Waals surface area contributed by atoms with E-state index >= 15 is 0 Å². The van der Waals surface area contributed by atoms with Gasteiger partial charge < -0.3 is 10.1 Å². The molecule has 6 nitrogen and oxygen atoms in total. The van der Waals surface area contributed by atoms with Gasteiger partial charge in [-0.2, -0.15) is 0 Å². The zero-order valence-electron chi connectivity index (χ0n) is 19.3. The lowest BCUT2D eigenvalue weighted by Gasteiger charge is -2.22. The number of benzene rings is 3. The Morgan fingerprint density at radius 1 is 0.941 bits per heavy atom. The second-order valence-corrected chi connectivity index (χ2v) is 9.85. The van der Waals surface area contributed by atoms with Gasteiger partial charge in [-0.3, -0.25) is 9.10 Å². The summed E-state index contributed by atoms with van der Waals surface area (Å²) in [5, 5.41) is 2.81. The summed E-state index contributed by atoms with van der Waals surface area (Å²) < 4.78 is 44.6. The van der Waals surface area contributed by atoms with Gasteiger partial charge in [0.1, 0.15) is 18.2 Å². The topological polar surface area (TPSA) is 75.7 Å². The average molecular weight is 485 g/mol. The van der Waals surface area contributed by atoms with Crippen molar-refractivity contribution in [1.82, 2.24) is 5.32 Å². The van der Waals surface area contributed by atoms with Gasteiger partial charge in [-0.05, 0) is 66.1 Å². The molecular weight excluding hydrogens is 455 g/mol. The number of anilines is 1. The van der Waals surface area contributed by atoms with Gasteiger partial charge in [0, 0.05) is 5.56 Å². The summed E-state index contributed by atoms with van der Waals surface area (Å²) in [6, 6.07) is 19.9. The van der Waals surface area contributed by atoms with E-state index in [0.29, 0.717) is 30.0 Å². The highest BCUT2D eigenvalue weighted by Crippen LogP contribution is 2.21. The molecule has 0 saturated carbocycles. The number of amides is 1. The number of carbonyl (C=O) groups excluding carboxylic acids is 1. The number of aryl methyl sites for hydroxylation is 1. The highest BCUT2D eigenvalue weighted by Gasteiger charge is 2.18. The zero-order chi connectivity index (χ0) is 24.6. The standard InChI is InChI=1S/C26H29FN2O4S/c1-3-4-20-7-15-25(16-8-20)33-18-17-28-26(30)22-9-5-21(6-10-22)19-29(34(2,31)32)24-13-11-23(27)12-14-24/h5-16H,3-4,17-19H2,1-2H3,(H,28,30). The van der Waals surface area contributed by atoms with Crippen molar-refractivity contribution in [1.29, 1.82) is 0 Å². The Morgan fingerprint density at radius 3 is 2.15 bits per heavy atom. The van der Waals surface area contributed by atoms with Crippen molar-refractivity contribution in [3.05, 3.63) is 95.3 Å². The van der Waals surface area contributed by atoms with E-state index in [9.17, 15) is 17.6 Å². The molecule has 3 aromatic carbocycles. The molecule has 0 bridgehead atoms. The molecule has 180 valence electrons. The van der Waals surface area contributed by atoms with Crippen molar-refractivity contribution in [2.24, 2.45) is 0 Å². The average Bonchev–Trinajstić information content (AvgIpc) is 2.82. The van der Waals surface area contributed by atoms with E-state index < -0.39 is 15.8 Å². The molecule has 1 N–H and O–H groups in total. The van der Waals surface area contributed by atoms with Crippen LogP contribution in [0, 0.1) is 5.82 Å². The first-order chi connectivity index (χ1) is 16.3. The second kappa shape index (κ2) is 11.7. The molecule has 3 aromatic rings. The largest absolute Gasteiger partial charge is 0.492 e. The molecule has 0 aliphatic heterocycles. The maximum Gasteiger partial charge on any atom is 0.251 e. The summed E-state index contributed by atoms with van der Waals surface area (Å²) in [6.07, 6.45) is 3.23. The lowest BCUT2D eigenvalue weighted by Crippen LogP contribution is -2.29. The van der Waals surface area contributed by atoms with Crippen LogP contribution in [0.1, 0.15) is 34.8 Å². The van der Waals surface area contributed by atoms with Crippen LogP contribution in [0.2, 0.25) is 0 Å². The second-order valence-electron chi connectivity index (χ2n) is 7.94. The fourth-order valence-corrected chi connectivity index (χ4v) is 4.30. The van der Waals surface area contributed by atoms with Crippen LogP contribution in [0.4, 0.5) is 10.1 Å². The SMILES string of the molecule is CCCc1ccc(OCCNC(=O)c2ccc(CN(c3ccc(F)cc3)S(C)(=O)=O)cc2)cc1. The highest BCUT2D eigenvalue weighted by atomic mass is 32.2. The minimum atomic E-state index is -3.58. The number of nitrogens with one attached hydrogen (secondary N) is 1. The molecule has 0 spiro atoms. The monoisotopic (exact) mass is 484 g/mol. The Balaban J connectivity index is 1.52. The maximum absolute atomic E-state index is 13.2. The number of ether oxygens (including phenoxy) is 1. The number of rotatable bonds is 11. The van der Waals surface area contributed by atoms with Crippen LogP contribution in [0.3, 0.4) is 0 Å². The van der Waals surface area contributed by atoms with Gasteiger partial charge in [-0.1, -0.05) is 37.6 Å². The van der Waals surface area contributed by atoms with Crippen LogP contribution in [-0.2, 0) is 23.0 Å². The Bertz CT molecular complexity index is 1180. The normalized spacial score (nSPS) is 11.1. The van der Waals surface area contributed by atoms with Crippen LogP contribution < -0.4 is 14.4 Å². The summed E-state index contributed by atoms with van der Waals surface area (Å²) in [7, 11) is -3.58. The number of nitrogens with zero attached hydrogens (tertiary/aromatic N) is 1. The van der Waals surface area contributed by atoms with Crippen molar-refractivity contribution in [2.75, 3.05) is 23.7 Å². The number of hydrogen-bond acceptors (Lipinski definition) is 4. The molecule has 0 saturated heterocycles. The Morgan fingerprint density at radius 2 is 1.56 bits per heavy atom. The molecule has 0 atom stereocenters. The quantitative estimate of drug-likeness (QED) is 0.405. The summed E-state index contributed by atoms with van der Waals surface area (Å²) in [5.74, 6) is 0.0739. The molecule has 0 heterocycles. The van der Waals surface area contributed by atoms with Crippen molar-refractivity contribution < 1.29 is 22.3 Å². The van der Waals surface area contributed by atoms with Crippen LogP contribution in [0.15, 0.2) is 72.8 Å². The fraction of sp³-hybridized carbons (Fsp3) is 0.269. The molecule has 0 aromatic heterocycles. The first-order valence-electron chi connectivity index (χ1n) is 11.1. The molecule has 0 aliphatic carbocycles. The van der Waals surface area contributed by atoms with Crippen molar-refractivity contribution in [3.8, 4) is 5.75 Å². The van der Waals surface area contributed by atoms with Crippen LogP contribution in [0.25, 0.3) is 0 Å². The van der Waals surface area contributed by atoms with Gasteiger partial charge in [-0.25, -0.2) is 12.8 Å². The minimum Gasteiger partial charge on any atom is -0.492 e. The molecule has 0 fully saturated rings. The summed E-state index contributed by atoms with van der Waals surface area (Å²) in [4.78, 5) is 12.4. The third kappa shape index (κ3) is 7.31. The molecular formula is C26H29FN2O4S. The van der Waals surface area contributed by atoms with Crippen molar-refractivity contribution in [3.63, 3.8) is 0 Å². The Labute approximate surface area is 200 Å². The van der Waals surface area contributed by atoms with Gasteiger partial charge in [0.15, 0.2) is 0 Å². The Hall–Kier alpha value is -3.39. The lowest BCUT2D eigenvalue weighted by atomic mass is 10.1. The lowest BCUT2D eigenvalue weighted by molar-refractivity contribution is 0.0947. The summed E-state index contributed by atoms with van der Waals surface area (Å²) >= 11 is 0. The van der Waals surface area contributed by atoms with E-state index in [0.717, 1.165) is 24.8 Å². The molecule has 0 aliphatic rings. The van der Waals surface area contributed by atoms with Gasteiger partial charge in [0.25, 0.3) is 5.91 Å². The van der Waals surface area contributed by atoms with E-state index in [-0.39, 0.29) is 12.5 Å². The van der Waals surface area contributed by atoms with Gasteiger partial charge in [-0.15, -0.1) is 0 Å². The van der Waals surface area contributed by atoms with Crippen LogP contribution in [-0.4, -0.2) is 33.7 Å². The number of carbonyl (C=O) groups is 1. The van der Waals surface area contributed by atoms with E-state index in [1.54, 1.807) is 24.3 Å². The molecule has 0 unspecified atom stereocenters. The van der Waals surface area contributed by atoms with Gasteiger partial charge in [0.2, 0.25) is 10.0 Å². The number of halogens is 1. The molecule has 34 heavy (non-hydrogen) atoms. The van der Waals surface area contributed by atoms with Crippen LogP contribution >= 0.6 is 0 Å². The maximum atomic E-state index is 13.2.